The molecule has 3 aromatic rings. The van der Waals surface area contributed by atoms with Crippen LogP contribution in [0, 0.1) is 17.8 Å². The average molecular weight is 502 g/mol. The molecule has 186 valence electrons. The van der Waals surface area contributed by atoms with Gasteiger partial charge in [0, 0.05) is 5.56 Å². The van der Waals surface area contributed by atoms with Crippen molar-refractivity contribution >= 4 is 32.8 Å². The normalized spacial score (nSPS) is 20.9. The largest absolute Gasteiger partial charge is 0.468 e. The van der Waals surface area contributed by atoms with Gasteiger partial charge < -0.3 is 4.74 Å². The minimum absolute atomic E-state index is 0.0119. The zero-order valence-electron chi connectivity index (χ0n) is 21.1. The molecule has 0 spiro atoms. The van der Waals surface area contributed by atoms with Crippen LogP contribution >= 0.6 is 0 Å². The number of allylic oxidation sites excluding steroid dienone is 1. The highest BCUT2D eigenvalue weighted by atomic mass is 32.2. The molecule has 2 aliphatic rings. The second-order valence-corrected chi connectivity index (χ2v) is 12.5. The molecule has 6 heteroatoms. The predicted octanol–water partition coefficient (Wildman–Crippen LogP) is 6.09. The number of benzene rings is 3. The molecule has 0 fully saturated rings. The molecule has 36 heavy (non-hydrogen) atoms. The Morgan fingerprint density at radius 1 is 0.917 bits per heavy atom. The Balaban J connectivity index is 1.84. The Labute approximate surface area is 213 Å². The van der Waals surface area contributed by atoms with Crippen molar-refractivity contribution < 1.29 is 17.9 Å². The molecule has 5 rings (SSSR count). The molecule has 0 aromatic heterocycles. The molecule has 0 N–H and O–H groups in total. The van der Waals surface area contributed by atoms with E-state index in [2.05, 4.69) is 26.0 Å². The first-order valence-corrected chi connectivity index (χ1v) is 13.6. The van der Waals surface area contributed by atoms with E-state index in [0.29, 0.717) is 12.1 Å². The van der Waals surface area contributed by atoms with E-state index >= 15 is 0 Å². The molecule has 1 unspecified atom stereocenters. The molecule has 0 saturated carbocycles. The summed E-state index contributed by atoms with van der Waals surface area (Å²) in [6, 6.07) is 24.4. The van der Waals surface area contributed by atoms with E-state index in [1.54, 1.807) is 24.3 Å². The quantitative estimate of drug-likeness (QED) is 0.406. The number of sulfonamides is 1. The van der Waals surface area contributed by atoms with Crippen molar-refractivity contribution in [2.45, 2.75) is 38.5 Å². The van der Waals surface area contributed by atoms with Crippen LogP contribution in [0.5, 0.6) is 0 Å². The number of hydrogen-bond donors (Lipinski definition) is 0. The SMILES string of the molecule is COC(=O)C12CN(S(=O)(=O)c3ccc(C)cc3)c3ccccc3C1=C(c1ccccc1)CC(C)(C)C2. The van der Waals surface area contributed by atoms with Crippen LogP contribution in [-0.4, -0.2) is 28.0 Å². The van der Waals surface area contributed by atoms with E-state index in [1.807, 2.05) is 49.4 Å². The molecule has 0 radical (unpaired) electrons. The molecule has 0 amide bonds. The van der Waals surface area contributed by atoms with Gasteiger partial charge in [-0.25, -0.2) is 8.42 Å². The van der Waals surface area contributed by atoms with Gasteiger partial charge in [-0.1, -0.05) is 80.1 Å². The highest BCUT2D eigenvalue weighted by Crippen LogP contribution is 2.60. The summed E-state index contributed by atoms with van der Waals surface area (Å²) >= 11 is 0. The van der Waals surface area contributed by atoms with Crippen LogP contribution in [0.15, 0.2) is 83.8 Å². The standard InChI is InChI=1S/C30H31NO4S/c1-21-14-16-23(17-15-21)36(33,34)31-20-30(28(32)35-4)19-29(2,3)18-25(22-10-6-5-7-11-22)27(30)24-12-8-9-13-26(24)31/h5-17H,18-20H2,1-4H3. The van der Waals surface area contributed by atoms with E-state index in [1.165, 1.54) is 11.4 Å². The van der Waals surface area contributed by atoms with E-state index in [9.17, 15) is 13.2 Å². The van der Waals surface area contributed by atoms with Gasteiger partial charge >= 0.3 is 5.97 Å². The third-order valence-corrected chi connectivity index (χ3v) is 9.15. The van der Waals surface area contributed by atoms with Crippen LogP contribution < -0.4 is 4.31 Å². The summed E-state index contributed by atoms with van der Waals surface area (Å²) in [5.74, 6) is -0.405. The highest BCUT2D eigenvalue weighted by Gasteiger charge is 2.57. The van der Waals surface area contributed by atoms with Gasteiger partial charge in [-0.15, -0.1) is 0 Å². The van der Waals surface area contributed by atoms with E-state index in [-0.39, 0.29) is 16.9 Å². The van der Waals surface area contributed by atoms with Crippen molar-refractivity contribution in [3.63, 3.8) is 0 Å². The number of fused-ring (bicyclic) bond motifs is 3. The first-order chi connectivity index (χ1) is 17.1. The number of rotatable bonds is 4. The zero-order valence-corrected chi connectivity index (χ0v) is 21.9. The molecule has 1 heterocycles. The Hall–Kier alpha value is -3.38. The van der Waals surface area contributed by atoms with E-state index < -0.39 is 21.4 Å². The van der Waals surface area contributed by atoms with Crippen molar-refractivity contribution in [1.29, 1.82) is 0 Å². The maximum absolute atomic E-state index is 14.1. The highest BCUT2D eigenvalue weighted by molar-refractivity contribution is 7.92. The monoisotopic (exact) mass is 501 g/mol. The lowest BCUT2D eigenvalue weighted by molar-refractivity contribution is -0.150. The number of methoxy groups -OCH3 is 1. The summed E-state index contributed by atoms with van der Waals surface area (Å²) in [6.07, 6.45) is 1.25. The Kier molecular flexibility index (Phi) is 5.83. The molecule has 0 saturated heterocycles. The van der Waals surface area contributed by atoms with Gasteiger partial charge in [0.25, 0.3) is 10.0 Å². The second-order valence-electron chi connectivity index (χ2n) is 10.7. The summed E-state index contributed by atoms with van der Waals surface area (Å²) < 4.78 is 35.0. The number of para-hydroxylation sites is 1. The minimum Gasteiger partial charge on any atom is -0.468 e. The summed E-state index contributed by atoms with van der Waals surface area (Å²) in [7, 11) is -2.55. The van der Waals surface area contributed by atoms with Gasteiger partial charge in [0.2, 0.25) is 0 Å². The second kappa shape index (κ2) is 8.63. The fraction of sp³-hybridized carbons (Fsp3) is 0.300. The molecule has 0 bridgehead atoms. The molecule has 1 atom stereocenters. The van der Waals surface area contributed by atoms with E-state index in [4.69, 9.17) is 4.74 Å². The Morgan fingerprint density at radius 2 is 1.56 bits per heavy atom. The third-order valence-electron chi connectivity index (χ3n) is 7.38. The van der Waals surface area contributed by atoms with E-state index in [0.717, 1.165) is 34.3 Å². The minimum atomic E-state index is -3.94. The summed E-state index contributed by atoms with van der Waals surface area (Å²) in [4.78, 5) is 14.0. The lowest BCUT2D eigenvalue weighted by Crippen LogP contribution is -2.53. The van der Waals surface area contributed by atoms with Crippen LogP contribution in [0.25, 0.3) is 11.1 Å². The number of nitrogens with zero attached hydrogens (tertiary/aromatic N) is 1. The number of anilines is 1. The van der Waals surface area contributed by atoms with Gasteiger partial charge in [0.15, 0.2) is 0 Å². The maximum Gasteiger partial charge on any atom is 0.318 e. The summed E-state index contributed by atoms with van der Waals surface area (Å²) in [5.41, 5.74) is 3.91. The number of hydrogen-bond acceptors (Lipinski definition) is 4. The van der Waals surface area contributed by atoms with Gasteiger partial charge in [-0.3, -0.25) is 9.10 Å². The lowest BCUT2D eigenvalue weighted by Gasteiger charge is -2.51. The van der Waals surface area contributed by atoms with Crippen molar-refractivity contribution in [3.8, 4) is 0 Å². The number of esters is 1. The van der Waals surface area contributed by atoms with Gasteiger partial charge in [0.05, 0.1) is 24.2 Å². The Bertz CT molecular complexity index is 1460. The molecule has 1 aliphatic heterocycles. The molecule has 3 aromatic carbocycles. The van der Waals surface area contributed by atoms with Crippen molar-refractivity contribution in [1.82, 2.24) is 0 Å². The van der Waals surface area contributed by atoms with Crippen LogP contribution in [0.2, 0.25) is 0 Å². The maximum atomic E-state index is 14.1. The average Bonchev–Trinajstić information content (AvgIpc) is 2.87. The predicted molar refractivity (Wildman–Crippen MR) is 143 cm³/mol. The molecular weight excluding hydrogens is 470 g/mol. The van der Waals surface area contributed by atoms with Crippen molar-refractivity contribution in [3.05, 3.63) is 95.6 Å². The summed E-state index contributed by atoms with van der Waals surface area (Å²) in [5, 5.41) is 0. The molecular formula is C30H31NO4S. The first kappa shape index (κ1) is 24.3. The smallest absolute Gasteiger partial charge is 0.318 e. The molecule has 5 nitrogen and oxygen atoms in total. The number of aryl methyl sites for hydroxylation is 1. The van der Waals surface area contributed by atoms with Crippen LogP contribution in [0.4, 0.5) is 5.69 Å². The zero-order chi connectivity index (χ0) is 25.7. The topological polar surface area (TPSA) is 63.7 Å². The number of ether oxygens (including phenoxy) is 1. The fourth-order valence-electron chi connectivity index (χ4n) is 5.98. The first-order valence-electron chi connectivity index (χ1n) is 12.2. The van der Waals surface area contributed by atoms with Crippen LogP contribution in [0.1, 0.15) is 43.4 Å². The fourth-order valence-corrected chi connectivity index (χ4v) is 7.53. The Morgan fingerprint density at radius 3 is 2.22 bits per heavy atom. The molecule has 1 aliphatic carbocycles. The van der Waals surface area contributed by atoms with Crippen LogP contribution in [0.3, 0.4) is 0 Å². The van der Waals surface area contributed by atoms with Gasteiger partial charge in [-0.05, 0) is 60.1 Å². The van der Waals surface area contributed by atoms with Gasteiger partial charge in [-0.2, -0.15) is 0 Å². The summed E-state index contributed by atoms with van der Waals surface area (Å²) in [6.45, 7) is 6.18. The number of carbonyl (C=O) groups excluding carboxylic acids is 1. The number of carbonyl (C=O) groups is 1. The third kappa shape index (κ3) is 3.84. The van der Waals surface area contributed by atoms with Gasteiger partial charge in [0.1, 0.15) is 5.41 Å². The van der Waals surface area contributed by atoms with Crippen LogP contribution in [-0.2, 0) is 19.6 Å². The van der Waals surface area contributed by atoms with Crippen molar-refractivity contribution in [2.75, 3.05) is 18.0 Å². The van der Waals surface area contributed by atoms with Crippen molar-refractivity contribution in [2.24, 2.45) is 10.8 Å². The lowest BCUT2D eigenvalue weighted by atomic mass is 9.57.